The van der Waals surface area contributed by atoms with Gasteiger partial charge in [-0.1, -0.05) is 12.8 Å². The lowest BCUT2D eigenvalue weighted by Crippen LogP contribution is -2.17. The highest BCUT2D eigenvalue weighted by atomic mass is 19.1. The Morgan fingerprint density at radius 1 is 1.05 bits per heavy atom. The van der Waals surface area contributed by atoms with Gasteiger partial charge >= 0.3 is 0 Å². The molecule has 1 aliphatic carbocycles. The Hall–Kier alpha value is -2.37. The fourth-order valence-electron chi connectivity index (χ4n) is 2.54. The van der Waals surface area contributed by atoms with Crippen molar-refractivity contribution in [1.29, 1.82) is 0 Å². The minimum absolute atomic E-state index is 0.278. The van der Waals surface area contributed by atoms with E-state index in [1.807, 2.05) is 0 Å². The zero-order valence-electron chi connectivity index (χ0n) is 11.6. The lowest BCUT2D eigenvalue weighted by molar-refractivity contribution is 0.628. The van der Waals surface area contributed by atoms with Gasteiger partial charge in [-0.2, -0.15) is 0 Å². The summed E-state index contributed by atoms with van der Waals surface area (Å²) in [5.74, 6) is 0.901. The number of anilines is 4. The number of benzene rings is 1. The molecule has 1 aromatic carbocycles. The minimum atomic E-state index is -0.278. The highest BCUT2D eigenvalue weighted by Gasteiger charge is 2.17. The standard InChI is InChI=1S/C15H18FN5/c16-10-5-7-12(8-6-10)21-15-13(17)14(18-9-19-15)20-11-3-1-2-4-11/h5-9,11H,1-4,17H2,(H2,18,19,20,21). The maximum atomic E-state index is 12.9. The van der Waals surface area contributed by atoms with Crippen molar-refractivity contribution >= 4 is 23.0 Å². The molecule has 0 atom stereocenters. The van der Waals surface area contributed by atoms with E-state index in [0.717, 1.165) is 18.5 Å². The molecular formula is C15H18FN5. The number of nitrogens with one attached hydrogen (secondary N) is 2. The number of nitrogens with zero attached hydrogens (tertiary/aromatic N) is 2. The Labute approximate surface area is 122 Å². The van der Waals surface area contributed by atoms with Gasteiger partial charge in [0.05, 0.1) is 0 Å². The van der Waals surface area contributed by atoms with Crippen LogP contribution in [0.1, 0.15) is 25.7 Å². The molecule has 1 fully saturated rings. The first kappa shape index (κ1) is 13.6. The van der Waals surface area contributed by atoms with E-state index in [-0.39, 0.29) is 5.82 Å². The average molecular weight is 287 g/mol. The summed E-state index contributed by atoms with van der Waals surface area (Å²) in [6.07, 6.45) is 6.24. The lowest BCUT2D eigenvalue weighted by atomic mass is 10.2. The summed E-state index contributed by atoms with van der Waals surface area (Å²) in [6.45, 7) is 0. The summed E-state index contributed by atoms with van der Waals surface area (Å²) in [4.78, 5) is 8.36. The smallest absolute Gasteiger partial charge is 0.159 e. The minimum Gasteiger partial charge on any atom is -0.393 e. The lowest BCUT2D eigenvalue weighted by Gasteiger charge is -2.16. The van der Waals surface area contributed by atoms with Gasteiger partial charge in [-0.15, -0.1) is 0 Å². The van der Waals surface area contributed by atoms with Crippen LogP contribution in [-0.2, 0) is 0 Å². The quantitative estimate of drug-likeness (QED) is 0.804. The van der Waals surface area contributed by atoms with Gasteiger partial charge in [0, 0.05) is 11.7 Å². The SMILES string of the molecule is Nc1c(Nc2ccc(F)cc2)ncnc1NC1CCCC1. The van der Waals surface area contributed by atoms with Crippen LogP contribution in [0.5, 0.6) is 0 Å². The van der Waals surface area contributed by atoms with Crippen molar-refractivity contribution in [3.63, 3.8) is 0 Å². The molecule has 5 nitrogen and oxygen atoms in total. The highest BCUT2D eigenvalue weighted by Crippen LogP contribution is 2.29. The molecule has 3 rings (SSSR count). The zero-order valence-corrected chi connectivity index (χ0v) is 11.6. The molecule has 2 aromatic rings. The molecule has 1 heterocycles. The first-order chi connectivity index (χ1) is 10.2. The van der Waals surface area contributed by atoms with Crippen molar-refractivity contribution in [2.45, 2.75) is 31.7 Å². The number of aromatic nitrogens is 2. The molecule has 0 spiro atoms. The first-order valence-corrected chi connectivity index (χ1v) is 7.12. The van der Waals surface area contributed by atoms with Gasteiger partial charge in [0.2, 0.25) is 0 Å². The third-order valence-electron chi connectivity index (χ3n) is 3.69. The molecule has 1 aliphatic rings. The van der Waals surface area contributed by atoms with E-state index in [1.54, 1.807) is 12.1 Å². The van der Waals surface area contributed by atoms with Gasteiger partial charge in [0.15, 0.2) is 11.6 Å². The number of nitrogen functional groups attached to an aromatic ring is 1. The maximum Gasteiger partial charge on any atom is 0.159 e. The largest absolute Gasteiger partial charge is 0.393 e. The van der Waals surface area contributed by atoms with E-state index in [2.05, 4.69) is 20.6 Å². The normalized spacial score (nSPS) is 15.1. The summed E-state index contributed by atoms with van der Waals surface area (Å²) in [7, 11) is 0. The number of rotatable bonds is 4. The summed E-state index contributed by atoms with van der Waals surface area (Å²) in [6, 6.07) is 6.48. The van der Waals surface area contributed by atoms with Crippen molar-refractivity contribution in [3.8, 4) is 0 Å². The molecule has 0 saturated heterocycles. The van der Waals surface area contributed by atoms with Gasteiger partial charge < -0.3 is 16.4 Å². The summed E-state index contributed by atoms with van der Waals surface area (Å²) in [5.41, 5.74) is 7.33. The van der Waals surface area contributed by atoms with Crippen LogP contribution in [0.4, 0.5) is 27.4 Å². The topological polar surface area (TPSA) is 75.9 Å². The van der Waals surface area contributed by atoms with Crippen molar-refractivity contribution < 1.29 is 4.39 Å². The van der Waals surface area contributed by atoms with E-state index in [4.69, 9.17) is 5.73 Å². The van der Waals surface area contributed by atoms with E-state index >= 15 is 0 Å². The van der Waals surface area contributed by atoms with Crippen molar-refractivity contribution in [3.05, 3.63) is 36.4 Å². The molecule has 4 N–H and O–H groups in total. The number of hydrogen-bond donors (Lipinski definition) is 3. The second-order valence-corrected chi connectivity index (χ2v) is 5.24. The molecule has 0 aliphatic heterocycles. The Kier molecular flexibility index (Phi) is 3.85. The maximum absolute atomic E-state index is 12.9. The molecule has 0 amide bonds. The molecule has 21 heavy (non-hydrogen) atoms. The monoisotopic (exact) mass is 287 g/mol. The summed E-state index contributed by atoms with van der Waals surface area (Å²) < 4.78 is 12.9. The van der Waals surface area contributed by atoms with Gasteiger partial charge in [-0.05, 0) is 37.1 Å². The summed E-state index contributed by atoms with van der Waals surface area (Å²) >= 11 is 0. The molecule has 110 valence electrons. The van der Waals surface area contributed by atoms with Crippen LogP contribution in [-0.4, -0.2) is 16.0 Å². The Bertz CT molecular complexity index is 608. The van der Waals surface area contributed by atoms with Gasteiger partial charge in [0.1, 0.15) is 17.8 Å². The molecule has 0 bridgehead atoms. The fraction of sp³-hybridized carbons (Fsp3) is 0.333. The number of nitrogens with two attached hydrogens (primary N) is 1. The number of halogens is 1. The van der Waals surface area contributed by atoms with Crippen molar-refractivity contribution in [1.82, 2.24) is 9.97 Å². The van der Waals surface area contributed by atoms with E-state index in [1.165, 1.54) is 31.3 Å². The van der Waals surface area contributed by atoms with Crippen molar-refractivity contribution in [2.24, 2.45) is 0 Å². The molecule has 1 saturated carbocycles. The molecular weight excluding hydrogens is 269 g/mol. The van der Waals surface area contributed by atoms with Gasteiger partial charge in [0.25, 0.3) is 0 Å². The van der Waals surface area contributed by atoms with Crippen LogP contribution < -0.4 is 16.4 Å². The number of hydrogen-bond acceptors (Lipinski definition) is 5. The Morgan fingerprint density at radius 3 is 2.43 bits per heavy atom. The van der Waals surface area contributed by atoms with Crippen LogP contribution in [0.3, 0.4) is 0 Å². The van der Waals surface area contributed by atoms with E-state index in [0.29, 0.717) is 23.4 Å². The average Bonchev–Trinajstić information content (AvgIpc) is 2.99. The molecule has 6 heteroatoms. The van der Waals surface area contributed by atoms with Gasteiger partial charge in [-0.25, -0.2) is 14.4 Å². The van der Waals surface area contributed by atoms with Crippen LogP contribution in [0.15, 0.2) is 30.6 Å². The zero-order chi connectivity index (χ0) is 14.7. The van der Waals surface area contributed by atoms with Crippen LogP contribution in [0, 0.1) is 5.82 Å². The van der Waals surface area contributed by atoms with Crippen molar-refractivity contribution in [2.75, 3.05) is 16.4 Å². The van der Waals surface area contributed by atoms with Crippen LogP contribution in [0.2, 0.25) is 0 Å². The predicted octanol–water partition coefficient (Wildman–Crippen LogP) is 3.30. The van der Waals surface area contributed by atoms with Crippen LogP contribution >= 0.6 is 0 Å². The predicted molar refractivity (Wildman–Crippen MR) is 82.0 cm³/mol. The van der Waals surface area contributed by atoms with E-state index < -0.39 is 0 Å². The Balaban J connectivity index is 1.77. The molecule has 1 aromatic heterocycles. The second kappa shape index (κ2) is 5.95. The Morgan fingerprint density at radius 2 is 1.71 bits per heavy atom. The molecule has 0 unspecified atom stereocenters. The highest BCUT2D eigenvalue weighted by molar-refractivity contribution is 5.77. The van der Waals surface area contributed by atoms with Gasteiger partial charge in [-0.3, -0.25) is 0 Å². The third-order valence-corrected chi connectivity index (χ3v) is 3.69. The van der Waals surface area contributed by atoms with E-state index in [9.17, 15) is 4.39 Å². The fourth-order valence-corrected chi connectivity index (χ4v) is 2.54. The second-order valence-electron chi connectivity index (χ2n) is 5.24. The summed E-state index contributed by atoms with van der Waals surface area (Å²) in [5, 5.41) is 6.45. The third kappa shape index (κ3) is 3.21. The van der Waals surface area contributed by atoms with Crippen LogP contribution in [0.25, 0.3) is 0 Å². The molecule has 0 radical (unpaired) electrons. The first-order valence-electron chi connectivity index (χ1n) is 7.12.